The Morgan fingerprint density at radius 2 is 1.87 bits per heavy atom. The van der Waals surface area contributed by atoms with Gasteiger partial charge in [-0.2, -0.15) is 12.7 Å². The van der Waals surface area contributed by atoms with Crippen molar-refractivity contribution in [1.82, 2.24) is 4.31 Å². The summed E-state index contributed by atoms with van der Waals surface area (Å²) in [6.45, 7) is 0. The number of nitrogens with zero attached hydrogens (tertiary/aromatic N) is 1. The fraction of sp³-hybridized carbons (Fsp3) is 0.600. The lowest BCUT2D eigenvalue weighted by Gasteiger charge is -2.32. The first-order valence-corrected chi connectivity index (χ1v) is 9.03. The molecule has 23 heavy (non-hydrogen) atoms. The highest BCUT2D eigenvalue weighted by Crippen LogP contribution is 2.47. The summed E-state index contributed by atoms with van der Waals surface area (Å²) in [6.07, 6.45) is 2.04. The summed E-state index contributed by atoms with van der Waals surface area (Å²) in [5, 5.41) is 0. The number of benzene rings is 1. The molecule has 0 aromatic heterocycles. The fourth-order valence-corrected chi connectivity index (χ4v) is 3.66. The van der Waals surface area contributed by atoms with Crippen molar-refractivity contribution in [3.05, 3.63) is 35.6 Å². The lowest BCUT2D eigenvalue weighted by molar-refractivity contribution is -0.200. The fourth-order valence-electron chi connectivity index (χ4n) is 3.24. The molecule has 0 bridgehead atoms. The Morgan fingerprint density at radius 3 is 2.48 bits per heavy atom. The Bertz CT molecular complexity index is 674. The largest absolute Gasteiger partial charge is 0.338 e. The van der Waals surface area contributed by atoms with Gasteiger partial charge in [0.15, 0.2) is 12.0 Å². The molecule has 1 aromatic rings. The van der Waals surface area contributed by atoms with Crippen LogP contribution in [0.15, 0.2) is 24.3 Å². The second-order valence-electron chi connectivity index (χ2n) is 6.03. The third-order valence-corrected chi connectivity index (χ3v) is 5.42. The van der Waals surface area contributed by atoms with Gasteiger partial charge in [-0.25, -0.2) is 4.39 Å². The molecule has 8 heteroatoms. The summed E-state index contributed by atoms with van der Waals surface area (Å²) in [6, 6.07) is 6.02. The summed E-state index contributed by atoms with van der Waals surface area (Å²) in [5.41, 5.74) is 0.218. The lowest BCUT2D eigenvalue weighted by atomic mass is 9.94. The molecule has 1 saturated carbocycles. The molecule has 128 valence electrons. The van der Waals surface area contributed by atoms with Crippen LogP contribution in [-0.4, -0.2) is 36.3 Å². The van der Waals surface area contributed by atoms with Crippen molar-refractivity contribution in [2.75, 3.05) is 7.05 Å². The van der Waals surface area contributed by atoms with Crippen LogP contribution in [0.25, 0.3) is 0 Å². The summed E-state index contributed by atoms with van der Waals surface area (Å²) in [5.74, 6) is -1.42. The molecule has 2 unspecified atom stereocenters. The number of halogens is 1. The van der Waals surface area contributed by atoms with Gasteiger partial charge in [-0.3, -0.25) is 4.55 Å². The molecule has 6 nitrogen and oxygen atoms in total. The molecule has 0 radical (unpaired) electrons. The van der Waals surface area contributed by atoms with Gasteiger partial charge >= 0.3 is 10.3 Å². The molecule has 0 amide bonds. The van der Waals surface area contributed by atoms with E-state index in [1.807, 2.05) is 0 Å². The van der Waals surface area contributed by atoms with E-state index >= 15 is 0 Å². The summed E-state index contributed by atoms with van der Waals surface area (Å²) in [7, 11) is -3.30. The molecule has 1 aliphatic heterocycles. The zero-order valence-corrected chi connectivity index (χ0v) is 13.6. The van der Waals surface area contributed by atoms with Crippen molar-refractivity contribution < 1.29 is 26.8 Å². The third-order valence-electron chi connectivity index (χ3n) is 4.49. The van der Waals surface area contributed by atoms with Crippen molar-refractivity contribution in [3.8, 4) is 0 Å². The molecule has 1 N–H and O–H groups in total. The predicted molar refractivity (Wildman–Crippen MR) is 80.2 cm³/mol. The van der Waals surface area contributed by atoms with Crippen molar-refractivity contribution >= 4 is 10.3 Å². The Hall–Kier alpha value is -1.06. The molecule has 1 saturated heterocycles. The van der Waals surface area contributed by atoms with Crippen molar-refractivity contribution in [2.45, 2.75) is 50.2 Å². The first kappa shape index (κ1) is 16.8. The molecule has 1 heterocycles. The van der Waals surface area contributed by atoms with Crippen LogP contribution in [0.1, 0.15) is 43.8 Å². The maximum absolute atomic E-state index is 14.2. The number of hydrogen-bond donors (Lipinski definition) is 1. The van der Waals surface area contributed by atoms with E-state index in [0.29, 0.717) is 17.1 Å². The van der Waals surface area contributed by atoms with Crippen molar-refractivity contribution in [1.29, 1.82) is 0 Å². The van der Waals surface area contributed by atoms with Crippen molar-refractivity contribution in [2.24, 2.45) is 0 Å². The van der Waals surface area contributed by atoms with Crippen LogP contribution in [0.3, 0.4) is 0 Å². The molecule has 3 rings (SSSR count). The number of hydrogen-bond acceptors (Lipinski definition) is 4. The third kappa shape index (κ3) is 3.27. The van der Waals surface area contributed by atoms with Crippen LogP contribution < -0.4 is 0 Å². The molecule has 1 spiro atoms. The summed E-state index contributed by atoms with van der Waals surface area (Å²) < 4.78 is 59.1. The van der Waals surface area contributed by atoms with Crippen LogP contribution in [0, 0.1) is 5.82 Å². The lowest BCUT2D eigenvalue weighted by Crippen LogP contribution is -2.41. The predicted octanol–water partition coefficient (Wildman–Crippen LogP) is 2.63. The molecular weight excluding hydrogens is 325 g/mol. The van der Waals surface area contributed by atoms with Gasteiger partial charge in [-0.15, -0.1) is 0 Å². The average molecular weight is 345 g/mol. The molecular formula is C15H20FNO5S. The first-order valence-electron chi connectivity index (χ1n) is 7.63. The number of rotatable bonds is 3. The van der Waals surface area contributed by atoms with E-state index in [9.17, 15) is 17.4 Å². The standard InChI is InChI=1S/C15H20FNO5S/c1-17(23(18,19)20)14-13(11-7-3-4-8-12(11)16)21-15(22-14)9-5-2-6-10-15/h3-4,7-8,13-14H,2,5-6,9-10H2,1H3,(H,18,19,20). The van der Waals surface area contributed by atoms with Gasteiger partial charge in [0, 0.05) is 25.5 Å². The number of ether oxygens (including phenoxy) is 2. The summed E-state index contributed by atoms with van der Waals surface area (Å²) >= 11 is 0. The van der Waals surface area contributed by atoms with E-state index < -0.39 is 34.2 Å². The maximum Gasteiger partial charge on any atom is 0.337 e. The molecule has 2 aliphatic rings. The van der Waals surface area contributed by atoms with E-state index in [1.54, 1.807) is 12.1 Å². The highest BCUT2D eigenvalue weighted by atomic mass is 32.2. The minimum atomic E-state index is -4.49. The van der Waals surface area contributed by atoms with Gasteiger partial charge in [-0.1, -0.05) is 24.6 Å². The zero-order valence-electron chi connectivity index (χ0n) is 12.8. The maximum atomic E-state index is 14.2. The van der Waals surface area contributed by atoms with Gasteiger partial charge in [0.1, 0.15) is 11.9 Å². The van der Waals surface area contributed by atoms with Crippen molar-refractivity contribution in [3.63, 3.8) is 0 Å². The SMILES string of the molecule is CN(C1OC2(CCCCC2)OC1c1ccccc1F)S(=O)(=O)O. The number of likely N-dealkylation sites (N-methyl/N-ethyl adjacent to an activating group) is 1. The van der Waals surface area contributed by atoms with E-state index in [-0.39, 0.29) is 5.56 Å². The quantitative estimate of drug-likeness (QED) is 0.852. The van der Waals surface area contributed by atoms with Crippen LogP contribution in [0.4, 0.5) is 4.39 Å². The Morgan fingerprint density at radius 1 is 1.22 bits per heavy atom. The molecule has 2 atom stereocenters. The van der Waals surface area contributed by atoms with Gasteiger partial charge in [0.25, 0.3) is 0 Å². The molecule has 1 aromatic carbocycles. The average Bonchev–Trinajstić information content (AvgIpc) is 2.85. The minimum absolute atomic E-state index is 0.218. The van der Waals surface area contributed by atoms with Crippen LogP contribution in [0.2, 0.25) is 0 Å². The zero-order chi connectivity index (χ0) is 16.7. The van der Waals surface area contributed by atoms with E-state index in [4.69, 9.17) is 9.47 Å². The highest BCUT2D eigenvalue weighted by Gasteiger charge is 2.52. The van der Waals surface area contributed by atoms with Gasteiger partial charge < -0.3 is 9.47 Å². The second kappa shape index (κ2) is 6.10. The van der Waals surface area contributed by atoms with Crippen LogP contribution in [0.5, 0.6) is 0 Å². The first-order chi connectivity index (χ1) is 10.8. The van der Waals surface area contributed by atoms with E-state index in [1.165, 1.54) is 19.2 Å². The second-order valence-corrected chi connectivity index (χ2v) is 7.51. The smallest absolute Gasteiger partial charge is 0.337 e. The van der Waals surface area contributed by atoms with Gasteiger partial charge in [0.2, 0.25) is 0 Å². The normalized spacial score (nSPS) is 27.7. The van der Waals surface area contributed by atoms with Crippen LogP contribution >= 0.6 is 0 Å². The van der Waals surface area contributed by atoms with Gasteiger partial charge in [0.05, 0.1) is 0 Å². The Kier molecular flexibility index (Phi) is 4.45. The Balaban J connectivity index is 1.98. The van der Waals surface area contributed by atoms with E-state index in [2.05, 4.69) is 0 Å². The monoisotopic (exact) mass is 345 g/mol. The molecule has 1 aliphatic carbocycles. The summed E-state index contributed by atoms with van der Waals surface area (Å²) in [4.78, 5) is 0. The van der Waals surface area contributed by atoms with E-state index in [0.717, 1.165) is 19.3 Å². The highest BCUT2D eigenvalue weighted by molar-refractivity contribution is 7.83. The Labute approximate surface area is 135 Å². The minimum Gasteiger partial charge on any atom is -0.338 e. The van der Waals surface area contributed by atoms with Crippen LogP contribution in [-0.2, 0) is 19.8 Å². The molecule has 2 fully saturated rings. The van der Waals surface area contributed by atoms with Gasteiger partial charge in [-0.05, 0) is 18.9 Å². The topological polar surface area (TPSA) is 76.1 Å².